The third-order valence-electron chi connectivity index (χ3n) is 2.62. The maximum Gasteiger partial charge on any atom is 0.163 e. The summed E-state index contributed by atoms with van der Waals surface area (Å²) in [6.07, 6.45) is 0.916. The van der Waals surface area contributed by atoms with Gasteiger partial charge in [0.1, 0.15) is 5.82 Å². The van der Waals surface area contributed by atoms with Crippen molar-refractivity contribution in [2.24, 2.45) is 5.73 Å². The van der Waals surface area contributed by atoms with Crippen molar-refractivity contribution in [3.63, 3.8) is 0 Å². The number of benzene rings is 1. The Hall–Kier alpha value is -1.39. The second-order valence-corrected chi connectivity index (χ2v) is 4.31. The summed E-state index contributed by atoms with van der Waals surface area (Å²) >= 11 is 5.87. The number of aryl methyl sites for hydroxylation is 1. The standard InChI is InChI=1S/C12H15ClN4/c1-9-15-16-12(17(9)8-2-7-14)10-3-5-11(13)6-4-10/h3-6H,2,7-8,14H2,1H3. The predicted octanol–water partition coefficient (Wildman–Crippen LogP) is 2.26. The van der Waals surface area contributed by atoms with Crippen molar-refractivity contribution < 1.29 is 0 Å². The number of halogens is 1. The first kappa shape index (κ1) is 12.1. The topological polar surface area (TPSA) is 56.7 Å². The normalized spacial score (nSPS) is 10.8. The van der Waals surface area contributed by atoms with E-state index in [9.17, 15) is 0 Å². The van der Waals surface area contributed by atoms with E-state index in [0.29, 0.717) is 6.54 Å². The average molecular weight is 251 g/mol. The number of nitrogens with zero attached hydrogens (tertiary/aromatic N) is 3. The van der Waals surface area contributed by atoms with Crippen LogP contribution in [0.2, 0.25) is 5.02 Å². The van der Waals surface area contributed by atoms with Crippen LogP contribution in [-0.4, -0.2) is 21.3 Å². The molecule has 0 radical (unpaired) electrons. The van der Waals surface area contributed by atoms with Gasteiger partial charge in [-0.15, -0.1) is 10.2 Å². The molecule has 0 saturated carbocycles. The molecule has 1 aromatic heterocycles. The maximum absolute atomic E-state index is 5.87. The van der Waals surface area contributed by atoms with Gasteiger partial charge in [0.15, 0.2) is 5.82 Å². The van der Waals surface area contributed by atoms with E-state index in [0.717, 1.165) is 35.2 Å². The van der Waals surface area contributed by atoms with Gasteiger partial charge in [-0.3, -0.25) is 0 Å². The smallest absolute Gasteiger partial charge is 0.163 e. The van der Waals surface area contributed by atoms with Crippen molar-refractivity contribution in [2.45, 2.75) is 19.9 Å². The highest BCUT2D eigenvalue weighted by Crippen LogP contribution is 2.20. The lowest BCUT2D eigenvalue weighted by molar-refractivity contribution is 0.638. The van der Waals surface area contributed by atoms with Gasteiger partial charge in [0, 0.05) is 17.1 Å². The molecule has 2 N–H and O–H groups in total. The Balaban J connectivity index is 2.34. The molecule has 0 saturated heterocycles. The first-order chi connectivity index (χ1) is 8.22. The molecule has 0 spiro atoms. The number of nitrogens with two attached hydrogens (primary N) is 1. The molecule has 90 valence electrons. The summed E-state index contributed by atoms with van der Waals surface area (Å²) in [5.74, 6) is 1.77. The van der Waals surface area contributed by atoms with E-state index < -0.39 is 0 Å². The fourth-order valence-electron chi connectivity index (χ4n) is 1.71. The van der Waals surface area contributed by atoms with Crippen molar-refractivity contribution in [3.05, 3.63) is 35.1 Å². The molecule has 0 unspecified atom stereocenters. The van der Waals surface area contributed by atoms with Crippen molar-refractivity contribution in [1.29, 1.82) is 0 Å². The Bertz CT molecular complexity index is 490. The van der Waals surface area contributed by atoms with E-state index in [-0.39, 0.29) is 0 Å². The summed E-state index contributed by atoms with van der Waals surface area (Å²) < 4.78 is 2.08. The molecule has 4 nitrogen and oxygen atoms in total. The minimum Gasteiger partial charge on any atom is -0.330 e. The van der Waals surface area contributed by atoms with Gasteiger partial charge in [0.2, 0.25) is 0 Å². The lowest BCUT2D eigenvalue weighted by Crippen LogP contribution is -2.08. The summed E-state index contributed by atoms with van der Waals surface area (Å²) in [6, 6.07) is 7.61. The molecule has 17 heavy (non-hydrogen) atoms. The molecule has 5 heteroatoms. The highest BCUT2D eigenvalue weighted by molar-refractivity contribution is 6.30. The van der Waals surface area contributed by atoms with Crippen LogP contribution in [0, 0.1) is 6.92 Å². The van der Waals surface area contributed by atoms with E-state index in [1.54, 1.807) is 0 Å². The van der Waals surface area contributed by atoms with E-state index in [1.165, 1.54) is 0 Å². The molecule has 0 atom stereocenters. The quantitative estimate of drug-likeness (QED) is 0.906. The predicted molar refractivity (Wildman–Crippen MR) is 68.9 cm³/mol. The zero-order valence-electron chi connectivity index (χ0n) is 9.73. The highest BCUT2D eigenvalue weighted by atomic mass is 35.5. The monoisotopic (exact) mass is 250 g/mol. The first-order valence-corrected chi connectivity index (χ1v) is 5.96. The van der Waals surface area contributed by atoms with Crippen molar-refractivity contribution in [2.75, 3.05) is 6.54 Å². The van der Waals surface area contributed by atoms with Crippen molar-refractivity contribution in [1.82, 2.24) is 14.8 Å². The minimum atomic E-state index is 0.664. The number of rotatable bonds is 4. The second kappa shape index (κ2) is 5.29. The van der Waals surface area contributed by atoms with Gasteiger partial charge >= 0.3 is 0 Å². The molecule has 0 aliphatic carbocycles. The second-order valence-electron chi connectivity index (χ2n) is 3.87. The zero-order chi connectivity index (χ0) is 12.3. The van der Waals surface area contributed by atoms with Gasteiger partial charge in [0.05, 0.1) is 0 Å². The van der Waals surface area contributed by atoms with Crippen LogP contribution in [0.1, 0.15) is 12.2 Å². The van der Waals surface area contributed by atoms with Gasteiger partial charge < -0.3 is 10.3 Å². The number of hydrogen-bond donors (Lipinski definition) is 1. The molecule has 0 amide bonds. The van der Waals surface area contributed by atoms with Crippen molar-refractivity contribution >= 4 is 11.6 Å². The molecule has 0 fully saturated rings. The SMILES string of the molecule is Cc1nnc(-c2ccc(Cl)cc2)n1CCCN. The summed E-state index contributed by atoms with van der Waals surface area (Å²) in [5.41, 5.74) is 6.55. The highest BCUT2D eigenvalue weighted by Gasteiger charge is 2.10. The maximum atomic E-state index is 5.87. The minimum absolute atomic E-state index is 0.664. The van der Waals surface area contributed by atoms with Crippen LogP contribution in [-0.2, 0) is 6.54 Å². The summed E-state index contributed by atoms with van der Waals surface area (Å²) in [4.78, 5) is 0. The van der Waals surface area contributed by atoms with Crippen LogP contribution < -0.4 is 5.73 Å². The molecule has 1 aromatic carbocycles. The molecule has 0 bridgehead atoms. The van der Waals surface area contributed by atoms with Crippen molar-refractivity contribution in [3.8, 4) is 11.4 Å². The number of aromatic nitrogens is 3. The fourth-order valence-corrected chi connectivity index (χ4v) is 1.84. The molecular formula is C12H15ClN4. The largest absolute Gasteiger partial charge is 0.330 e. The van der Waals surface area contributed by atoms with Gasteiger partial charge in [-0.25, -0.2) is 0 Å². The van der Waals surface area contributed by atoms with Gasteiger partial charge in [-0.1, -0.05) is 11.6 Å². The average Bonchev–Trinajstić information content (AvgIpc) is 2.69. The molecule has 0 aliphatic rings. The first-order valence-electron chi connectivity index (χ1n) is 5.58. The third-order valence-corrected chi connectivity index (χ3v) is 2.88. The molecule has 2 rings (SSSR count). The Morgan fingerprint density at radius 3 is 2.59 bits per heavy atom. The van der Waals surface area contributed by atoms with Crippen LogP contribution in [0.3, 0.4) is 0 Å². The summed E-state index contributed by atoms with van der Waals surface area (Å²) in [5, 5.41) is 9.03. The Kier molecular flexibility index (Phi) is 3.76. The zero-order valence-corrected chi connectivity index (χ0v) is 10.5. The number of hydrogen-bond acceptors (Lipinski definition) is 3. The Morgan fingerprint density at radius 2 is 1.94 bits per heavy atom. The van der Waals surface area contributed by atoms with Crippen LogP contribution in [0.15, 0.2) is 24.3 Å². The molecular weight excluding hydrogens is 236 g/mol. The van der Waals surface area contributed by atoms with Gasteiger partial charge in [-0.05, 0) is 44.2 Å². The van der Waals surface area contributed by atoms with E-state index in [4.69, 9.17) is 17.3 Å². The molecule has 0 aliphatic heterocycles. The van der Waals surface area contributed by atoms with Gasteiger partial charge in [0.25, 0.3) is 0 Å². The lowest BCUT2D eigenvalue weighted by atomic mass is 10.2. The third kappa shape index (κ3) is 2.65. The molecule has 2 aromatic rings. The Morgan fingerprint density at radius 1 is 1.24 bits per heavy atom. The van der Waals surface area contributed by atoms with Crippen LogP contribution in [0.25, 0.3) is 11.4 Å². The van der Waals surface area contributed by atoms with E-state index in [1.807, 2.05) is 31.2 Å². The summed E-state index contributed by atoms with van der Waals surface area (Å²) in [7, 11) is 0. The summed E-state index contributed by atoms with van der Waals surface area (Å²) in [6.45, 7) is 3.45. The van der Waals surface area contributed by atoms with E-state index >= 15 is 0 Å². The fraction of sp³-hybridized carbons (Fsp3) is 0.333. The Labute approximate surface area is 105 Å². The van der Waals surface area contributed by atoms with Crippen LogP contribution >= 0.6 is 11.6 Å². The van der Waals surface area contributed by atoms with E-state index in [2.05, 4.69) is 14.8 Å². The van der Waals surface area contributed by atoms with Crippen LogP contribution in [0.4, 0.5) is 0 Å². The van der Waals surface area contributed by atoms with Crippen LogP contribution in [0.5, 0.6) is 0 Å². The lowest BCUT2D eigenvalue weighted by Gasteiger charge is -2.07. The molecule has 1 heterocycles. The van der Waals surface area contributed by atoms with Gasteiger partial charge in [-0.2, -0.15) is 0 Å².